The molecule has 0 spiro atoms. The van der Waals surface area contributed by atoms with E-state index in [1.54, 1.807) is 24.3 Å². The van der Waals surface area contributed by atoms with Crippen LogP contribution in [0.2, 0.25) is 0 Å². The molecule has 0 bridgehead atoms. The first-order valence-corrected chi connectivity index (χ1v) is 7.78. The number of likely N-dealkylation sites (tertiary alicyclic amines) is 1. The minimum absolute atomic E-state index is 0.0698. The lowest BCUT2D eigenvalue weighted by Gasteiger charge is -2.32. The van der Waals surface area contributed by atoms with E-state index >= 15 is 0 Å². The Morgan fingerprint density at radius 1 is 1.23 bits per heavy atom. The molecule has 0 saturated carbocycles. The van der Waals surface area contributed by atoms with E-state index in [1.807, 2.05) is 0 Å². The van der Waals surface area contributed by atoms with E-state index < -0.39 is 6.03 Å². The molecule has 120 valence electrons. The number of carbonyl (C=O) groups is 2. The highest BCUT2D eigenvalue weighted by atomic mass is 16.2. The molecule has 6 heteroatoms. The molecular weight excluding hydrogens is 280 g/mol. The number of nitrogens with one attached hydrogen (secondary N) is 2. The highest BCUT2D eigenvalue weighted by Gasteiger charge is 2.20. The van der Waals surface area contributed by atoms with Crippen molar-refractivity contribution in [3.8, 4) is 0 Å². The molecule has 0 radical (unpaired) electrons. The van der Waals surface area contributed by atoms with Crippen molar-refractivity contribution in [1.82, 2.24) is 10.2 Å². The molecule has 0 aromatic heterocycles. The molecule has 1 saturated heterocycles. The maximum absolute atomic E-state index is 12.2. The van der Waals surface area contributed by atoms with Crippen molar-refractivity contribution in [2.24, 2.45) is 5.73 Å². The van der Waals surface area contributed by atoms with Crippen LogP contribution in [0.15, 0.2) is 24.3 Å². The number of hydrogen-bond donors (Lipinski definition) is 3. The Kier molecular flexibility index (Phi) is 5.77. The van der Waals surface area contributed by atoms with E-state index in [-0.39, 0.29) is 11.9 Å². The summed E-state index contributed by atoms with van der Waals surface area (Å²) in [4.78, 5) is 25.4. The van der Waals surface area contributed by atoms with Gasteiger partial charge in [0.15, 0.2) is 0 Å². The van der Waals surface area contributed by atoms with E-state index in [0.29, 0.717) is 11.3 Å². The van der Waals surface area contributed by atoms with Gasteiger partial charge in [0, 0.05) is 30.4 Å². The fourth-order valence-corrected chi connectivity index (χ4v) is 2.73. The number of nitrogens with two attached hydrogens (primary N) is 1. The lowest BCUT2D eigenvalue weighted by atomic mass is 10.0. The number of primary amides is 1. The van der Waals surface area contributed by atoms with Crippen molar-refractivity contribution in [2.75, 3.05) is 25.0 Å². The summed E-state index contributed by atoms with van der Waals surface area (Å²) in [5.41, 5.74) is 6.21. The maximum atomic E-state index is 12.2. The van der Waals surface area contributed by atoms with Gasteiger partial charge in [0.05, 0.1) is 0 Å². The summed E-state index contributed by atoms with van der Waals surface area (Å²) in [6.45, 7) is 5.40. The van der Waals surface area contributed by atoms with Crippen molar-refractivity contribution in [3.05, 3.63) is 29.8 Å². The van der Waals surface area contributed by atoms with Gasteiger partial charge in [-0.15, -0.1) is 0 Å². The lowest BCUT2D eigenvalue weighted by Crippen LogP contribution is -2.44. The zero-order valence-corrected chi connectivity index (χ0v) is 13.0. The normalized spacial score (nSPS) is 16.2. The molecule has 6 nitrogen and oxygen atoms in total. The van der Waals surface area contributed by atoms with E-state index in [0.717, 1.165) is 32.5 Å². The van der Waals surface area contributed by atoms with Crippen LogP contribution in [-0.2, 0) is 0 Å². The van der Waals surface area contributed by atoms with Gasteiger partial charge in [0.1, 0.15) is 0 Å². The van der Waals surface area contributed by atoms with Gasteiger partial charge < -0.3 is 21.3 Å². The van der Waals surface area contributed by atoms with Crippen molar-refractivity contribution >= 4 is 17.6 Å². The van der Waals surface area contributed by atoms with Crippen LogP contribution < -0.4 is 16.4 Å². The summed E-state index contributed by atoms with van der Waals surface area (Å²) in [5, 5.41) is 5.55. The fraction of sp³-hybridized carbons (Fsp3) is 0.500. The first kappa shape index (κ1) is 16.3. The van der Waals surface area contributed by atoms with Gasteiger partial charge in [0.2, 0.25) is 0 Å². The second-order valence-corrected chi connectivity index (χ2v) is 5.66. The van der Waals surface area contributed by atoms with Crippen LogP contribution in [0.3, 0.4) is 0 Å². The van der Waals surface area contributed by atoms with Crippen molar-refractivity contribution in [1.29, 1.82) is 0 Å². The molecule has 1 aliphatic rings. The van der Waals surface area contributed by atoms with Crippen LogP contribution in [0.25, 0.3) is 0 Å². The van der Waals surface area contributed by atoms with E-state index in [2.05, 4.69) is 22.5 Å². The molecule has 1 fully saturated rings. The number of hydrogen-bond acceptors (Lipinski definition) is 3. The summed E-state index contributed by atoms with van der Waals surface area (Å²) >= 11 is 0. The van der Waals surface area contributed by atoms with E-state index in [4.69, 9.17) is 5.73 Å². The molecule has 1 aromatic rings. The van der Waals surface area contributed by atoms with Gasteiger partial charge in [-0.1, -0.05) is 6.92 Å². The molecule has 0 unspecified atom stereocenters. The number of piperidine rings is 1. The van der Waals surface area contributed by atoms with Crippen LogP contribution in [0, 0.1) is 0 Å². The summed E-state index contributed by atoms with van der Waals surface area (Å²) in [5.74, 6) is -0.0698. The van der Waals surface area contributed by atoms with Crippen molar-refractivity contribution in [2.45, 2.75) is 32.2 Å². The van der Waals surface area contributed by atoms with E-state index in [9.17, 15) is 9.59 Å². The number of anilines is 1. The minimum atomic E-state index is -0.615. The standard InChI is InChI=1S/C16H24N4O2/c1-2-9-20-10-7-14(8-11-20)18-15(21)12-3-5-13(6-4-12)19-16(17)22/h3-6,14H,2,7-11H2,1H3,(H,18,21)(H3,17,19,22). The number of rotatable bonds is 5. The number of nitrogens with zero attached hydrogens (tertiary/aromatic N) is 1. The first-order valence-electron chi connectivity index (χ1n) is 7.78. The van der Waals surface area contributed by atoms with Gasteiger partial charge in [0.25, 0.3) is 5.91 Å². The average molecular weight is 304 g/mol. The molecule has 1 aromatic carbocycles. The molecular formula is C16H24N4O2. The predicted molar refractivity (Wildman–Crippen MR) is 86.9 cm³/mol. The Morgan fingerprint density at radius 2 is 1.86 bits per heavy atom. The highest BCUT2D eigenvalue weighted by Crippen LogP contribution is 2.13. The summed E-state index contributed by atoms with van der Waals surface area (Å²) in [7, 11) is 0. The third-order valence-corrected chi connectivity index (χ3v) is 3.88. The Hall–Kier alpha value is -2.08. The highest BCUT2D eigenvalue weighted by molar-refractivity contribution is 5.95. The largest absolute Gasteiger partial charge is 0.351 e. The molecule has 1 aliphatic heterocycles. The number of benzene rings is 1. The maximum Gasteiger partial charge on any atom is 0.316 e. The first-order chi connectivity index (χ1) is 10.6. The molecule has 4 N–H and O–H groups in total. The van der Waals surface area contributed by atoms with Crippen LogP contribution in [0.1, 0.15) is 36.5 Å². The van der Waals surface area contributed by atoms with Gasteiger partial charge in [-0.05, 0) is 50.1 Å². The smallest absolute Gasteiger partial charge is 0.316 e. The number of carbonyl (C=O) groups excluding carboxylic acids is 2. The summed E-state index contributed by atoms with van der Waals surface area (Å²) in [6, 6.07) is 6.34. The average Bonchev–Trinajstić information content (AvgIpc) is 2.49. The number of urea groups is 1. The second kappa shape index (κ2) is 7.79. The summed E-state index contributed by atoms with van der Waals surface area (Å²) in [6.07, 6.45) is 3.16. The molecule has 1 heterocycles. The molecule has 22 heavy (non-hydrogen) atoms. The monoisotopic (exact) mass is 304 g/mol. The van der Waals surface area contributed by atoms with E-state index in [1.165, 1.54) is 6.42 Å². The predicted octanol–water partition coefficient (Wildman–Crippen LogP) is 1.78. The fourth-order valence-electron chi connectivity index (χ4n) is 2.73. The SMILES string of the molecule is CCCN1CCC(NC(=O)c2ccc(NC(N)=O)cc2)CC1. The topological polar surface area (TPSA) is 87.5 Å². The van der Waals surface area contributed by atoms with Gasteiger partial charge in [-0.2, -0.15) is 0 Å². The Labute approximate surface area is 131 Å². The third-order valence-electron chi connectivity index (χ3n) is 3.88. The van der Waals surface area contributed by atoms with Gasteiger partial charge in [-0.3, -0.25) is 4.79 Å². The van der Waals surface area contributed by atoms with Gasteiger partial charge in [-0.25, -0.2) is 4.79 Å². The van der Waals surface area contributed by atoms with Crippen molar-refractivity contribution in [3.63, 3.8) is 0 Å². The number of amides is 3. The summed E-state index contributed by atoms with van der Waals surface area (Å²) < 4.78 is 0. The quantitative estimate of drug-likeness (QED) is 0.775. The zero-order chi connectivity index (χ0) is 15.9. The zero-order valence-electron chi connectivity index (χ0n) is 13.0. The molecule has 2 rings (SSSR count). The third kappa shape index (κ3) is 4.73. The Morgan fingerprint density at radius 3 is 2.41 bits per heavy atom. The second-order valence-electron chi connectivity index (χ2n) is 5.66. The van der Waals surface area contributed by atoms with Crippen LogP contribution in [0.4, 0.5) is 10.5 Å². The Bertz CT molecular complexity index is 507. The van der Waals surface area contributed by atoms with Crippen molar-refractivity contribution < 1.29 is 9.59 Å². The van der Waals surface area contributed by atoms with Crippen LogP contribution >= 0.6 is 0 Å². The lowest BCUT2D eigenvalue weighted by molar-refractivity contribution is 0.0911. The molecule has 3 amide bonds. The molecule has 0 aliphatic carbocycles. The van der Waals surface area contributed by atoms with Crippen LogP contribution in [-0.4, -0.2) is 42.5 Å². The van der Waals surface area contributed by atoms with Gasteiger partial charge >= 0.3 is 6.03 Å². The molecule has 0 atom stereocenters. The minimum Gasteiger partial charge on any atom is -0.351 e. The van der Waals surface area contributed by atoms with Crippen LogP contribution in [0.5, 0.6) is 0 Å². The Balaban J connectivity index is 1.83.